The van der Waals surface area contributed by atoms with Crippen molar-refractivity contribution in [3.05, 3.63) is 23.8 Å². The van der Waals surface area contributed by atoms with Crippen LogP contribution in [0.3, 0.4) is 0 Å². The molecule has 2 atom stereocenters. The number of fused-ring (bicyclic) bond motifs is 1. The van der Waals surface area contributed by atoms with E-state index in [0.29, 0.717) is 31.1 Å². The molecule has 2 saturated heterocycles. The van der Waals surface area contributed by atoms with Gasteiger partial charge in [-0.25, -0.2) is 8.42 Å². The summed E-state index contributed by atoms with van der Waals surface area (Å²) < 4.78 is 35.3. The maximum atomic E-state index is 12.6. The lowest BCUT2D eigenvalue weighted by Crippen LogP contribution is -2.60. The lowest BCUT2D eigenvalue weighted by atomic mass is 10.0. The van der Waals surface area contributed by atoms with E-state index in [0.717, 1.165) is 5.56 Å². The fraction of sp³-hybridized carbons (Fsp3) is 0.632. The molecule has 150 valence electrons. The molecular weight excluding hydrogens is 368 g/mol. The Bertz CT molecular complexity index is 786. The highest BCUT2D eigenvalue weighted by Gasteiger charge is 2.48. The number of nitrogens with zero attached hydrogens (tertiary/aromatic N) is 2. The summed E-state index contributed by atoms with van der Waals surface area (Å²) in [6.07, 6.45) is 0. The summed E-state index contributed by atoms with van der Waals surface area (Å²) in [6, 6.07) is 5.24. The second-order valence-electron chi connectivity index (χ2n) is 7.59. The molecule has 0 unspecified atom stereocenters. The van der Waals surface area contributed by atoms with Gasteiger partial charge < -0.3 is 14.4 Å². The van der Waals surface area contributed by atoms with E-state index in [1.54, 1.807) is 19.1 Å². The van der Waals surface area contributed by atoms with Gasteiger partial charge in [-0.1, -0.05) is 13.8 Å². The number of benzene rings is 1. The lowest BCUT2D eigenvalue weighted by Gasteiger charge is -2.44. The average molecular weight is 397 g/mol. The van der Waals surface area contributed by atoms with Gasteiger partial charge in [0.25, 0.3) is 0 Å². The lowest BCUT2D eigenvalue weighted by molar-refractivity contribution is -0.140. The van der Waals surface area contributed by atoms with Gasteiger partial charge in [-0.05, 0) is 17.7 Å². The van der Waals surface area contributed by atoms with Crippen LogP contribution in [0.25, 0.3) is 0 Å². The number of hydrogen-bond donors (Lipinski definition) is 0. The summed E-state index contributed by atoms with van der Waals surface area (Å²) in [7, 11) is 0.0544. The van der Waals surface area contributed by atoms with E-state index in [4.69, 9.17) is 9.47 Å². The van der Waals surface area contributed by atoms with Crippen molar-refractivity contribution in [1.29, 1.82) is 0 Å². The van der Waals surface area contributed by atoms with Gasteiger partial charge in [0.05, 0.1) is 31.8 Å². The number of amides is 1. The van der Waals surface area contributed by atoms with Crippen molar-refractivity contribution in [2.45, 2.75) is 32.5 Å². The van der Waals surface area contributed by atoms with E-state index in [-0.39, 0.29) is 35.4 Å². The molecule has 0 aliphatic carbocycles. The fourth-order valence-corrected chi connectivity index (χ4v) is 6.03. The molecule has 2 fully saturated rings. The number of piperazine rings is 1. The third-order valence-electron chi connectivity index (χ3n) is 5.36. The average Bonchev–Trinajstić information content (AvgIpc) is 2.96. The SMILES string of the molecule is COc1cc(CN2CCN(C(=O)C(C)C)[C@H]3CS(=O)(=O)C[C@H]32)cc(OC)c1. The van der Waals surface area contributed by atoms with Crippen molar-refractivity contribution >= 4 is 15.7 Å². The predicted octanol–water partition coefficient (Wildman–Crippen LogP) is 1.17. The highest BCUT2D eigenvalue weighted by atomic mass is 32.2. The van der Waals surface area contributed by atoms with Crippen LogP contribution < -0.4 is 9.47 Å². The third-order valence-corrected chi connectivity index (χ3v) is 7.06. The molecule has 7 nitrogen and oxygen atoms in total. The molecule has 0 spiro atoms. The number of hydrogen-bond acceptors (Lipinski definition) is 6. The molecule has 1 aromatic carbocycles. The molecule has 2 aliphatic rings. The molecule has 2 heterocycles. The Balaban J connectivity index is 1.85. The van der Waals surface area contributed by atoms with Gasteiger partial charge in [-0.2, -0.15) is 0 Å². The van der Waals surface area contributed by atoms with Gasteiger partial charge in [0.1, 0.15) is 11.5 Å². The van der Waals surface area contributed by atoms with Crippen LogP contribution in [0.15, 0.2) is 18.2 Å². The molecule has 1 aromatic rings. The van der Waals surface area contributed by atoms with Gasteiger partial charge in [0.2, 0.25) is 5.91 Å². The third kappa shape index (κ3) is 4.21. The smallest absolute Gasteiger partial charge is 0.225 e. The molecule has 0 saturated carbocycles. The highest BCUT2D eigenvalue weighted by Crippen LogP contribution is 2.30. The largest absolute Gasteiger partial charge is 0.497 e. The molecule has 1 amide bonds. The van der Waals surface area contributed by atoms with Crippen molar-refractivity contribution in [3.8, 4) is 11.5 Å². The van der Waals surface area contributed by atoms with Crippen LogP contribution >= 0.6 is 0 Å². The summed E-state index contributed by atoms with van der Waals surface area (Å²) in [5, 5.41) is 0. The van der Waals surface area contributed by atoms with E-state index < -0.39 is 9.84 Å². The Labute approximate surface area is 161 Å². The van der Waals surface area contributed by atoms with Crippen LogP contribution in [0.1, 0.15) is 19.4 Å². The van der Waals surface area contributed by atoms with E-state index in [1.165, 1.54) is 0 Å². The van der Waals surface area contributed by atoms with Crippen molar-refractivity contribution in [2.75, 3.05) is 38.8 Å². The molecule has 8 heteroatoms. The van der Waals surface area contributed by atoms with Gasteiger partial charge in [0.15, 0.2) is 9.84 Å². The van der Waals surface area contributed by atoms with E-state index in [1.807, 2.05) is 32.0 Å². The molecular formula is C19H28N2O5S. The molecule has 0 aromatic heterocycles. The summed E-state index contributed by atoms with van der Waals surface area (Å²) in [5.41, 5.74) is 0.998. The summed E-state index contributed by atoms with van der Waals surface area (Å²) in [6.45, 7) is 5.50. The monoisotopic (exact) mass is 396 g/mol. The molecule has 2 aliphatic heterocycles. The van der Waals surface area contributed by atoms with Crippen LogP contribution in [0.2, 0.25) is 0 Å². The molecule has 0 bridgehead atoms. The number of carbonyl (C=O) groups excluding carboxylic acids is 1. The normalized spacial score (nSPS) is 24.7. The number of methoxy groups -OCH3 is 2. The first-order chi connectivity index (χ1) is 12.7. The Morgan fingerprint density at radius 1 is 1.07 bits per heavy atom. The maximum absolute atomic E-state index is 12.6. The van der Waals surface area contributed by atoms with Gasteiger partial charge >= 0.3 is 0 Å². The number of rotatable bonds is 5. The standard InChI is InChI=1S/C19H28N2O5S/c1-13(2)19(22)21-6-5-20(17-11-27(23,24)12-18(17)21)10-14-7-15(25-3)9-16(8-14)26-4/h7-9,13,17-18H,5-6,10-12H2,1-4H3/t17-,18+/m1/s1. The highest BCUT2D eigenvalue weighted by molar-refractivity contribution is 7.91. The van der Waals surface area contributed by atoms with E-state index >= 15 is 0 Å². The Hall–Kier alpha value is -1.80. The Morgan fingerprint density at radius 2 is 1.67 bits per heavy atom. The van der Waals surface area contributed by atoms with Gasteiger partial charge in [-0.3, -0.25) is 9.69 Å². The number of ether oxygens (including phenoxy) is 2. The first-order valence-electron chi connectivity index (χ1n) is 9.21. The number of sulfone groups is 1. The zero-order chi connectivity index (χ0) is 19.8. The summed E-state index contributed by atoms with van der Waals surface area (Å²) >= 11 is 0. The first kappa shape index (κ1) is 19.9. The van der Waals surface area contributed by atoms with Crippen LogP contribution in [0.5, 0.6) is 11.5 Å². The molecule has 0 radical (unpaired) electrons. The predicted molar refractivity (Wildman–Crippen MR) is 103 cm³/mol. The quantitative estimate of drug-likeness (QED) is 0.744. The molecule has 3 rings (SSSR count). The van der Waals surface area contributed by atoms with Gasteiger partial charge in [-0.15, -0.1) is 0 Å². The summed E-state index contributed by atoms with van der Waals surface area (Å²) in [4.78, 5) is 16.5. The maximum Gasteiger partial charge on any atom is 0.225 e. The van der Waals surface area contributed by atoms with Gasteiger partial charge in [0, 0.05) is 37.7 Å². The minimum atomic E-state index is -3.16. The zero-order valence-electron chi connectivity index (χ0n) is 16.3. The first-order valence-corrected chi connectivity index (χ1v) is 11.0. The molecule has 27 heavy (non-hydrogen) atoms. The molecule has 0 N–H and O–H groups in total. The zero-order valence-corrected chi connectivity index (χ0v) is 17.2. The minimum absolute atomic E-state index is 0.0322. The van der Waals surface area contributed by atoms with Crippen LogP contribution in [-0.2, 0) is 21.2 Å². The minimum Gasteiger partial charge on any atom is -0.497 e. The Morgan fingerprint density at radius 3 is 2.22 bits per heavy atom. The Kier molecular flexibility index (Phi) is 5.67. The van der Waals surface area contributed by atoms with Crippen LogP contribution in [-0.4, -0.2) is 75.0 Å². The van der Waals surface area contributed by atoms with Crippen LogP contribution in [0.4, 0.5) is 0 Å². The van der Waals surface area contributed by atoms with Crippen molar-refractivity contribution in [3.63, 3.8) is 0 Å². The van der Waals surface area contributed by atoms with Crippen molar-refractivity contribution < 1.29 is 22.7 Å². The van der Waals surface area contributed by atoms with E-state index in [9.17, 15) is 13.2 Å². The summed E-state index contributed by atoms with van der Waals surface area (Å²) in [5.74, 6) is 1.45. The van der Waals surface area contributed by atoms with Crippen LogP contribution in [0, 0.1) is 5.92 Å². The topological polar surface area (TPSA) is 76.2 Å². The fourth-order valence-electron chi connectivity index (χ4n) is 4.02. The van der Waals surface area contributed by atoms with Crippen molar-refractivity contribution in [1.82, 2.24) is 9.80 Å². The number of carbonyl (C=O) groups is 1. The second-order valence-corrected chi connectivity index (χ2v) is 9.74. The van der Waals surface area contributed by atoms with E-state index in [2.05, 4.69) is 4.90 Å². The second kappa shape index (κ2) is 7.67. The van der Waals surface area contributed by atoms with Crippen molar-refractivity contribution in [2.24, 2.45) is 5.92 Å².